The van der Waals surface area contributed by atoms with E-state index in [1.807, 2.05) is 12.1 Å². The van der Waals surface area contributed by atoms with Crippen molar-refractivity contribution >= 4 is 35.0 Å². The van der Waals surface area contributed by atoms with Gasteiger partial charge in [-0.05, 0) is 36.8 Å². The summed E-state index contributed by atoms with van der Waals surface area (Å²) in [5.41, 5.74) is 3.69. The van der Waals surface area contributed by atoms with Gasteiger partial charge in [-0.1, -0.05) is 35.3 Å². The number of anilines is 1. The maximum Gasteiger partial charge on any atom is 0.335 e. The summed E-state index contributed by atoms with van der Waals surface area (Å²) in [6, 6.07) is 12.1. The molecule has 3 aromatic rings. The van der Waals surface area contributed by atoms with Gasteiger partial charge in [0.05, 0.1) is 27.0 Å². The van der Waals surface area contributed by atoms with Crippen molar-refractivity contribution in [3.63, 3.8) is 0 Å². The Hall–Kier alpha value is -2.50. The number of rotatable bonds is 3. The summed E-state index contributed by atoms with van der Waals surface area (Å²) in [7, 11) is 0. The Morgan fingerprint density at radius 3 is 2.76 bits per heavy atom. The lowest BCUT2D eigenvalue weighted by Crippen LogP contribution is -2.05. The number of aromatic carboxylic acids is 1. The van der Waals surface area contributed by atoms with Crippen molar-refractivity contribution in [2.75, 3.05) is 11.9 Å². The number of hydrogen-bond acceptors (Lipinski definition) is 3. The number of carboxylic acid groups (broad SMARTS) is 1. The SMILES string of the molecule is O=C(O)c1cccc(-n2nc(-c3ccc(Cl)c(Cl)c3)c3c2NCC3)c1. The van der Waals surface area contributed by atoms with E-state index in [9.17, 15) is 9.90 Å². The van der Waals surface area contributed by atoms with Crippen LogP contribution in [0.15, 0.2) is 42.5 Å². The zero-order chi connectivity index (χ0) is 17.6. The van der Waals surface area contributed by atoms with Crippen LogP contribution < -0.4 is 5.32 Å². The van der Waals surface area contributed by atoms with Crippen LogP contribution in [0.5, 0.6) is 0 Å². The quantitative estimate of drug-likeness (QED) is 0.708. The number of hydrogen-bond donors (Lipinski definition) is 2. The van der Waals surface area contributed by atoms with Crippen LogP contribution in [0.25, 0.3) is 16.9 Å². The van der Waals surface area contributed by atoms with E-state index in [0.29, 0.717) is 15.7 Å². The molecular formula is C18H13Cl2N3O2. The fraction of sp³-hybridized carbons (Fsp3) is 0.111. The van der Waals surface area contributed by atoms with E-state index in [-0.39, 0.29) is 5.56 Å². The molecule has 5 nitrogen and oxygen atoms in total. The van der Waals surface area contributed by atoms with Gasteiger partial charge in [-0.2, -0.15) is 5.10 Å². The van der Waals surface area contributed by atoms with Gasteiger partial charge in [0.15, 0.2) is 0 Å². The van der Waals surface area contributed by atoms with Crippen molar-refractivity contribution < 1.29 is 9.90 Å². The Labute approximate surface area is 153 Å². The Morgan fingerprint density at radius 2 is 2.00 bits per heavy atom. The van der Waals surface area contributed by atoms with Gasteiger partial charge in [0.25, 0.3) is 0 Å². The normalized spacial score (nSPS) is 12.7. The van der Waals surface area contributed by atoms with Crippen molar-refractivity contribution in [2.24, 2.45) is 0 Å². The predicted molar refractivity (Wildman–Crippen MR) is 98.2 cm³/mol. The first-order chi connectivity index (χ1) is 12.0. The van der Waals surface area contributed by atoms with Crippen molar-refractivity contribution in [1.82, 2.24) is 9.78 Å². The van der Waals surface area contributed by atoms with Crippen LogP contribution in [-0.4, -0.2) is 27.4 Å². The third-order valence-electron chi connectivity index (χ3n) is 4.18. The Morgan fingerprint density at radius 1 is 1.16 bits per heavy atom. The molecule has 1 aliphatic heterocycles. The van der Waals surface area contributed by atoms with E-state index >= 15 is 0 Å². The van der Waals surface area contributed by atoms with Crippen molar-refractivity contribution in [3.05, 3.63) is 63.6 Å². The summed E-state index contributed by atoms with van der Waals surface area (Å²) in [5.74, 6) is -0.0908. The summed E-state index contributed by atoms with van der Waals surface area (Å²) >= 11 is 12.2. The molecule has 0 fully saturated rings. The maximum atomic E-state index is 11.2. The van der Waals surface area contributed by atoms with Gasteiger partial charge in [0.2, 0.25) is 0 Å². The van der Waals surface area contributed by atoms with E-state index in [4.69, 9.17) is 28.3 Å². The first-order valence-corrected chi connectivity index (χ1v) is 8.45. The van der Waals surface area contributed by atoms with Gasteiger partial charge in [-0.15, -0.1) is 0 Å². The van der Waals surface area contributed by atoms with Gasteiger partial charge in [0, 0.05) is 17.7 Å². The lowest BCUT2D eigenvalue weighted by molar-refractivity contribution is 0.0697. The molecule has 2 aromatic carbocycles. The number of halogens is 2. The molecule has 0 aliphatic carbocycles. The molecule has 2 N–H and O–H groups in total. The van der Waals surface area contributed by atoms with Gasteiger partial charge in [-0.3, -0.25) is 0 Å². The number of fused-ring (bicyclic) bond motifs is 1. The first-order valence-electron chi connectivity index (χ1n) is 7.69. The van der Waals surface area contributed by atoms with E-state index in [0.717, 1.165) is 35.6 Å². The van der Waals surface area contributed by atoms with Gasteiger partial charge in [-0.25, -0.2) is 9.48 Å². The fourth-order valence-corrected chi connectivity index (χ4v) is 3.31. The second kappa shape index (κ2) is 6.10. The predicted octanol–water partition coefficient (Wildman–Crippen LogP) is 4.51. The van der Waals surface area contributed by atoms with E-state index in [2.05, 4.69) is 5.32 Å². The van der Waals surface area contributed by atoms with Crippen LogP contribution in [0.2, 0.25) is 10.0 Å². The Bertz CT molecular complexity index is 998. The zero-order valence-electron chi connectivity index (χ0n) is 13.0. The summed E-state index contributed by atoms with van der Waals surface area (Å²) in [6.07, 6.45) is 0.837. The van der Waals surface area contributed by atoms with Crippen LogP contribution in [0, 0.1) is 0 Å². The molecule has 0 bridgehead atoms. The average Bonchev–Trinajstić information content (AvgIpc) is 3.20. The third-order valence-corrected chi connectivity index (χ3v) is 4.92. The minimum Gasteiger partial charge on any atom is -0.478 e. The molecule has 0 atom stereocenters. The number of nitrogens with zero attached hydrogens (tertiary/aromatic N) is 2. The molecule has 0 radical (unpaired) electrons. The second-order valence-corrected chi connectivity index (χ2v) is 6.56. The highest BCUT2D eigenvalue weighted by atomic mass is 35.5. The van der Waals surface area contributed by atoms with Gasteiger partial charge < -0.3 is 10.4 Å². The topological polar surface area (TPSA) is 67.1 Å². The summed E-state index contributed by atoms with van der Waals surface area (Å²) < 4.78 is 1.74. The van der Waals surface area contributed by atoms with E-state index in [1.165, 1.54) is 0 Å². The largest absolute Gasteiger partial charge is 0.478 e. The van der Waals surface area contributed by atoms with Crippen LogP contribution in [0.3, 0.4) is 0 Å². The average molecular weight is 374 g/mol. The van der Waals surface area contributed by atoms with Crippen molar-refractivity contribution in [2.45, 2.75) is 6.42 Å². The number of benzene rings is 2. The molecule has 0 amide bonds. The highest BCUT2D eigenvalue weighted by molar-refractivity contribution is 6.42. The highest BCUT2D eigenvalue weighted by Gasteiger charge is 2.24. The minimum atomic E-state index is -0.969. The smallest absolute Gasteiger partial charge is 0.335 e. The third kappa shape index (κ3) is 2.75. The van der Waals surface area contributed by atoms with Crippen LogP contribution in [0.4, 0.5) is 5.82 Å². The van der Waals surface area contributed by atoms with Crippen molar-refractivity contribution in [3.8, 4) is 16.9 Å². The number of carbonyl (C=O) groups is 1. The van der Waals surface area contributed by atoms with Crippen LogP contribution in [-0.2, 0) is 6.42 Å². The summed E-state index contributed by atoms with van der Waals surface area (Å²) in [4.78, 5) is 11.2. The molecule has 1 aliphatic rings. The molecule has 0 saturated carbocycles. The number of nitrogens with one attached hydrogen (secondary N) is 1. The lowest BCUT2D eigenvalue weighted by atomic mass is 10.1. The lowest BCUT2D eigenvalue weighted by Gasteiger charge is -2.07. The second-order valence-electron chi connectivity index (χ2n) is 5.75. The highest BCUT2D eigenvalue weighted by Crippen LogP contribution is 2.36. The number of aromatic nitrogens is 2. The molecule has 7 heteroatoms. The molecule has 0 spiro atoms. The summed E-state index contributed by atoms with van der Waals surface area (Å²) in [5, 5.41) is 18.2. The molecule has 126 valence electrons. The van der Waals surface area contributed by atoms with Gasteiger partial charge >= 0.3 is 5.97 Å². The van der Waals surface area contributed by atoms with Gasteiger partial charge in [0.1, 0.15) is 5.82 Å². The van der Waals surface area contributed by atoms with E-state index in [1.54, 1.807) is 35.0 Å². The molecule has 2 heterocycles. The molecule has 0 saturated heterocycles. The summed E-state index contributed by atoms with van der Waals surface area (Å²) in [6.45, 7) is 0.806. The minimum absolute atomic E-state index is 0.218. The monoisotopic (exact) mass is 373 g/mol. The van der Waals surface area contributed by atoms with Crippen LogP contribution in [0.1, 0.15) is 15.9 Å². The fourth-order valence-electron chi connectivity index (χ4n) is 3.01. The molecular weight excluding hydrogens is 361 g/mol. The standard InChI is InChI=1S/C18H13Cl2N3O2/c19-14-5-4-10(9-15(14)20)16-13-6-7-21-17(13)23(22-16)12-3-1-2-11(8-12)18(24)25/h1-5,8-9,21H,6-7H2,(H,24,25). The number of carboxylic acids is 1. The molecule has 4 rings (SSSR count). The van der Waals surface area contributed by atoms with E-state index < -0.39 is 5.97 Å². The van der Waals surface area contributed by atoms with Crippen LogP contribution >= 0.6 is 23.2 Å². The Balaban J connectivity index is 1.87. The first kappa shape index (κ1) is 16.0. The zero-order valence-corrected chi connectivity index (χ0v) is 14.5. The molecule has 0 unspecified atom stereocenters. The molecule has 25 heavy (non-hydrogen) atoms. The van der Waals surface area contributed by atoms with Crippen molar-refractivity contribution in [1.29, 1.82) is 0 Å². The Kier molecular flexibility index (Phi) is 3.90. The maximum absolute atomic E-state index is 11.2. The molecule has 1 aromatic heterocycles.